The number of halogens is 2. The smallest absolute Gasteiger partial charge is 0.123 e. The molecular weight excluding hydrogens is 382 g/mol. The molecule has 0 bridgehead atoms. The minimum atomic E-state index is 0.230. The molecule has 0 fully saturated rings. The molecule has 0 saturated heterocycles. The lowest BCUT2D eigenvalue weighted by Crippen LogP contribution is -2.18. The summed E-state index contributed by atoms with van der Waals surface area (Å²) in [6.07, 6.45) is 0. The number of nitrogens with one attached hydrogen (secondary N) is 1. The largest absolute Gasteiger partial charge is 0.496 e. The summed E-state index contributed by atoms with van der Waals surface area (Å²) >= 11 is 7.01. The highest BCUT2D eigenvalue weighted by atomic mass is 79.9. The van der Waals surface area contributed by atoms with Crippen molar-refractivity contribution in [3.8, 4) is 5.75 Å². The molecule has 20 heavy (non-hydrogen) atoms. The van der Waals surface area contributed by atoms with Crippen molar-refractivity contribution in [3.05, 3.63) is 62.5 Å². The van der Waals surface area contributed by atoms with Gasteiger partial charge in [-0.1, -0.05) is 24.3 Å². The van der Waals surface area contributed by atoms with Crippen LogP contribution < -0.4 is 10.1 Å². The highest BCUT2D eigenvalue weighted by Gasteiger charge is 2.10. The summed E-state index contributed by atoms with van der Waals surface area (Å²) in [5.41, 5.74) is 2.41. The van der Waals surface area contributed by atoms with E-state index in [0.29, 0.717) is 0 Å². The van der Waals surface area contributed by atoms with Crippen molar-refractivity contribution < 1.29 is 4.74 Å². The number of hydrogen-bond acceptors (Lipinski definition) is 2. The molecule has 0 amide bonds. The van der Waals surface area contributed by atoms with Crippen molar-refractivity contribution in [3.63, 3.8) is 0 Å². The summed E-state index contributed by atoms with van der Waals surface area (Å²) in [7, 11) is 1.71. The molecule has 1 N–H and O–H groups in total. The molecule has 0 heterocycles. The Morgan fingerprint density at radius 2 is 1.85 bits per heavy atom. The van der Waals surface area contributed by atoms with Crippen LogP contribution in [0.15, 0.2) is 51.4 Å². The van der Waals surface area contributed by atoms with Crippen LogP contribution in [0.5, 0.6) is 5.75 Å². The van der Waals surface area contributed by atoms with Crippen molar-refractivity contribution in [2.24, 2.45) is 0 Å². The second kappa shape index (κ2) is 7.25. The van der Waals surface area contributed by atoms with Crippen LogP contribution in [-0.4, -0.2) is 7.11 Å². The molecule has 2 aromatic carbocycles. The fourth-order valence-electron chi connectivity index (χ4n) is 2.05. The van der Waals surface area contributed by atoms with Crippen LogP contribution in [0.2, 0.25) is 0 Å². The maximum absolute atomic E-state index is 5.40. The second-order valence-corrected chi connectivity index (χ2v) is 6.30. The Morgan fingerprint density at radius 3 is 2.55 bits per heavy atom. The third kappa shape index (κ3) is 3.84. The molecule has 0 radical (unpaired) electrons. The molecule has 0 spiro atoms. The van der Waals surface area contributed by atoms with Crippen LogP contribution in [0.25, 0.3) is 0 Å². The number of methoxy groups -OCH3 is 1. The van der Waals surface area contributed by atoms with Gasteiger partial charge in [-0.15, -0.1) is 0 Å². The average Bonchev–Trinajstić information content (AvgIpc) is 2.48. The Morgan fingerprint density at radius 1 is 1.10 bits per heavy atom. The zero-order chi connectivity index (χ0) is 14.5. The Hall–Kier alpha value is -0.840. The molecule has 106 valence electrons. The molecule has 0 aliphatic heterocycles. The SMILES string of the molecule is COc1ccccc1[C@@H](C)NCc1ccc(Br)c(Br)c1. The molecule has 4 heteroatoms. The fraction of sp³-hybridized carbons (Fsp3) is 0.250. The van der Waals surface area contributed by atoms with E-state index < -0.39 is 0 Å². The van der Waals surface area contributed by atoms with Gasteiger partial charge in [0.05, 0.1) is 7.11 Å². The number of benzene rings is 2. The topological polar surface area (TPSA) is 21.3 Å². The molecule has 0 aromatic heterocycles. The summed E-state index contributed by atoms with van der Waals surface area (Å²) in [6, 6.07) is 14.6. The minimum Gasteiger partial charge on any atom is -0.496 e. The Balaban J connectivity index is 2.04. The monoisotopic (exact) mass is 397 g/mol. The van der Waals surface area contributed by atoms with Crippen molar-refractivity contribution in [2.75, 3.05) is 7.11 Å². The van der Waals surface area contributed by atoms with Crippen LogP contribution in [0.4, 0.5) is 0 Å². The lowest BCUT2D eigenvalue weighted by atomic mass is 10.1. The van der Waals surface area contributed by atoms with Crippen LogP contribution in [-0.2, 0) is 6.54 Å². The lowest BCUT2D eigenvalue weighted by molar-refractivity contribution is 0.401. The van der Waals surface area contributed by atoms with E-state index in [9.17, 15) is 0 Å². The van der Waals surface area contributed by atoms with E-state index in [2.05, 4.69) is 68.4 Å². The van der Waals surface area contributed by atoms with E-state index in [1.54, 1.807) is 7.11 Å². The van der Waals surface area contributed by atoms with Gasteiger partial charge in [0.2, 0.25) is 0 Å². The van der Waals surface area contributed by atoms with E-state index in [-0.39, 0.29) is 6.04 Å². The van der Waals surface area contributed by atoms with Gasteiger partial charge in [0.25, 0.3) is 0 Å². The quantitative estimate of drug-likeness (QED) is 0.758. The molecule has 0 aliphatic rings. The van der Waals surface area contributed by atoms with Gasteiger partial charge in [0.1, 0.15) is 5.75 Å². The van der Waals surface area contributed by atoms with E-state index in [1.165, 1.54) is 11.1 Å². The van der Waals surface area contributed by atoms with E-state index in [4.69, 9.17) is 4.74 Å². The molecule has 0 unspecified atom stereocenters. The predicted molar refractivity (Wildman–Crippen MR) is 90.1 cm³/mol. The summed E-state index contributed by atoms with van der Waals surface area (Å²) in [5.74, 6) is 0.921. The third-order valence-electron chi connectivity index (χ3n) is 3.20. The maximum Gasteiger partial charge on any atom is 0.123 e. The Labute approximate surface area is 136 Å². The highest BCUT2D eigenvalue weighted by molar-refractivity contribution is 9.13. The van der Waals surface area contributed by atoms with Gasteiger partial charge in [-0.25, -0.2) is 0 Å². The van der Waals surface area contributed by atoms with Gasteiger partial charge in [0, 0.05) is 27.1 Å². The van der Waals surface area contributed by atoms with Crippen molar-refractivity contribution in [1.82, 2.24) is 5.32 Å². The minimum absolute atomic E-state index is 0.230. The Bertz CT molecular complexity index is 586. The molecule has 2 rings (SSSR count). The van der Waals surface area contributed by atoms with Crippen molar-refractivity contribution >= 4 is 31.9 Å². The number of ether oxygens (including phenoxy) is 1. The van der Waals surface area contributed by atoms with Crippen LogP contribution >= 0.6 is 31.9 Å². The van der Waals surface area contributed by atoms with Crippen molar-refractivity contribution in [2.45, 2.75) is 19.5 Å². The molecule has 2 aromatic rings. The molecule has 1 atom stereocenters. The third-order valence-corrected chi connectivity index (χ3v) is 5.08. The predicted octanol–water partition coefficient (Wildman–Crippen LogP) is 5.07. The first-order chi connectivity index (χ1) is 9.61. The van der Waals surface area contributed by atoms with Gasteiger partial charge < -0.3 is 10.1 Å². The fourth-order valence-corrected chi connectivity index (χ4v) is 2.73. The second-order valence-electron chi connectivity index (χ2n) is 4.59. The molecule has 2 nitrogen and oxygen atoms in total. The van der Waals surface area contributed by atoms with Gasteiger partial charge in [-0.3, -0.25) is 0 Å². The first-order valence-electron chi connectivity index (χ1n) is 6.42. The first kappa shape index (κ1) is 15.5. The zero-order valence-corrected chi connectivity index (χ0v) is 14.7. The van der Waals surface area contributed by atoms with Gasteiger partial charge in [0.15, 0.2) is 0 Å². The number of hydrogen-bond donors (Lipinski definition) is 1. The van der Waals surface area contributed by atoms with E-state index in [0.717, 1.165) is 21.2 Å². The van der Waals surface area contributed by atoms with Crippen LogP contribution in [0.1, 0.15) is 24.1 Å². The summed E-state index contributed by atoms with van der Waals surface area (Å²) in [5, 5.41) is 3.52. The lowest BCUT2D eigenvalue weighted by Gasteiger charge is -2.17. The van der Waals surface area contributed by atoms with Gasteiger partial charge in [-0.2, -0.15) is 0 Å². The van der Waals surface area contributed by atoms with Gasteiger partial charge >= 0.3 is 0 Å². The summed E-state index contributed by atoms with van der Waals surface area (Å²) < 4.78 is 7.54. The number of rotatable bonds is 5. The average molecular weight is 399 g/mol. The van der Waals surface area contributed by atoms with E-state index in [1.807, 2.05) is 18.2 Å². The van der Waals surface area contributed by atoms with E-state index >= 15 is 0 Å². The summed E-state index contributed by atoms with van der Waals surface area (Å²) in [4.78, 5) is 0. The molecular formula is C16H17Br2NO. The van der Waals surface area contributed by atoms with Crippen LogP contribution in [0.3, 0.4) is 0 Å². The zero-order valence-electron chi connectivity index (χ0n) is 11.5. The molecule has 0 aliphatic carbocycles. The Kier molecular flexibility index (Phi) is 5.64. The van der Waals surface area contributed by atoms with Crippen molar-refractivity contribution in [1.29, 1.82) is 0 Å². The molecule has 0 saturated carbocycles. The van der Waals surface area contributed by atoms with Gasteiger partial charge in [-0.05, 0) is 62.5 Å². The van der Waals surface area contributed by atoms with Crippen LogP contribution in [0, 0.1) is 0 Å². The maximum atomic E-state index is 5.40. The standard InChI is InChI=1S/C16H17Br2NO/c1-11(13-5-3-4-6-16(13)20-2)19-10-12-7-8-14(17)15(18)9-12/h3-9,11,19H,10H2,1-2H3/t11-/m1/s1. The first-order valence-corrected chi connectivity index (χ1v) is 8.00. The normalized spacial score (nSPS) is 12.2. The highest BCUT2D eigenvalue weighted by Crippen LogP contribution is 2.26. The number of para-hydroxylation sites is 1. The summed E-state index contributed by atoms with van der Waals surface area (Å²) in [6.45, 7) is 2.96.